The van der Waals surface area contributed by atoms with Gasteiger partial charge in [-0.3, -0.25) is 0 Å². The van der Waals surface area contributed by atoms with Crippen molar-refractivity contribution in [3.05, 3.63) is 35.4 Å². The van der Waals surface area contributed by atoms with Crippen molar-refractivity contribution in [2.75, 3.05) is 6.54 Å². The van der Waals surface area contributed by atoms with Crippen LogP contribution in [0.3, 0.4) is 0 Å². The van der Waals surface area contributed by atoms with E-state index in [4.69, 9.17) is 0 Å². The Morgan fingerprint density at radius 3 is 2.58 bits per heavy atom. The van der Waals surface area contributed by atoms with Crippen LogP contribution in [0.4, 0.5) is 0 Å². The molecule has 1 heterocycles. The summed E-state index contributed by atoms with van der Waals surface area (Å²) in [6, 6.07) is 10.6. The second-order valence-corrected chi connectivity index (χ2v) is 6.08. The van der Waals surface area contributed by atoms with Crippen molar-refractivity contribution in [2.45, 2.75) is 64.6 Å². The topological polar surface area (TPSA) is 24.1 Å². The number of hydrogen-bond acceptors (Lipinski definition) is 2. The molecule has 106 valence electrons. The molecule has 2 heteroatoms. The maximum absolute atomic E-state index is 3.72. The van der Waals surface area contributed by atoms with Crippen LogP contribution >= 0.6 is 0 Å². The lowest BCUT2D eigenvalue weighted by molar-refractivity contribution is 0.334. The van der Waals surface area contributed by atoms with E-state index >= 15 is 0 Å². The van der Waals surface area contributed by atoms with Crippen molar-refractivity contribution in [3.63, 3.8) is 0 Å². The minimum Gasteiger partial charge on any atom is -0.314 e. The third-order valence-corrected chi connectivity index (χ3v) is 4.16. The van der Waals surface area contributed by atoms with Crippen LogP contribution in [0.25, 0.3) is 0 Å². The molecule has 3 atom stereocenters. The number of benzene rings is 1. The number of hydrogen-bond donors (Lipinski definition) is 2. The van der Waals surface area contributed by atoms with Gasteiger partial charge in [-0.15, -0.1) is 0 Å². The molecule has 1 fully saturated rings. The van der Waals surface area contributed by atoms with Crippen LogP contribution in [-0.2, 0) is 0 Å². The first-order chi connectivity index (χ1) is 9.15. The minimum absolute atomic E-state index is 0.430. The molecule has 1 aliphatic heterocycles. The number of aryl methyl sites for hydroxylation is 1. The lowest BCUT2D eigenvalue weighted by atomic mass is 9.98. The Kier molecular flexibility index (Phi) is 5.41. The van der Waals surface area contributed by atoms with E-state index < -0.39 is 0 Å². The number of rotatable bonds is 5. The smallest absolute Gasteiger partial charge is 0.0294 e. The molecule has 0 spiro atoms. The van der Waals surface area contributed by atoms with Gasteiger partial charge in [-0.1, -0.05) is 36.2 Å². The van der Waals surface area contributed by atoms with Gasteiger partial charge in [0, 0.05) is 18.1 Å². The van der Waals surface area contributed by atoms with Gasteiger partial charge in [0.25, 0.3) is 0 Å². The van der Waals surface area contributed by atoms with E-state index in [9.17, 15) is 0 Å². The van der Waals surface area contributed by atoms with Gasteiger partial charge in [0.05, 0.1) is 0 Å². The fourth-order valence-corrected chi connectivity index (χ4v) is 3.00. The summed E-state index contributed by atoms with van der Waals surface area (Å²) in [5.41, 5.74) is 2.71. The zero-order valence-corrected chi connectivity index (χ0v) is 12.6. The van der Waals surface area contributed by atoms with Gasteiger partial charge in [0.1, 0.15) is 0 Å². The molecule has 0 aliphatic carbocycles. The van der Waals surface area contributed by atoms with E-state index in [2.05, 4.69) is 55.7 Å². The molecule has 19 heavy (non-hydrogen) atoms. The van der Waals surface area contributed by atoms with Crippen LogP contribution in [-0.4, -0.2) is 18.6 Å². The van der Waals surface area contributed by atoms with Crippen molar-refractivity contribution >= 4 is 0 Å². The standard InChI is InChI=1S/C17H28N2/c1-13-7-9-16(10-8-13)15(3)19-14(2)12-17-6-4-5-11-18-17/h7-10,14-15,17-19H,4-6,11-12H2,1-3H3. The zero-order valence-electron chi connectivity index (χ0n) is 12.6. The summed E-state index contributed by atoms with van der Waals surface area (Å²) < 4.78 is 0. The third-order valence-electron chi connectivity index (χ3n) is 4.16. The molecule has 1 aromatic rings. The Bertz CT molecular complexity index is 365. The third kappa shape index (κ3) is 4.63. The molecular formula is C17H28N2. The van der Waals surface area contributed by atoms with Gasteiger partial charge in [-0.2, -0.15) is 0 Å². The Labute approximate surface area is 118 Å². The minimum atomic E-state index is 0.430. The van der Waals surface area contributed by atoms with Gasteiger partial charge in [0.2, 0.25) is 0 Å². The monoisotopic (exact) mass is 260 g/mol. The molecule has 2 rings (SSSR count). The highest BCUT2D eigenvalue weighted by Crippen LogP contribution is 2.17. The quantitative estimate of drug-likeness (QED) is 0.846. The van der Waals surface area contributed by atoms with Gasteiger partial charge < -0.3 is 10.6 Å². The van der Waals surface area contributed by atoms with E-state index in [-0.39, 0.29) is 0 Å². The second kappa shape index (κ2) is 7.06. The molecule has 2 N–H and O–H groups in total. The van der Waals surface area contributed by atoms with Gasteiger partial charge in [-0.25, -0.2) is 0 Å². The van der Waals surface area contributed by atoms with Crippen LogP contribution in [0.15, 0.2) is 24.3 Å². The van der Waals surface area contributed by atoms with Crippen molar-refractivity contribution in [1.29, 1.82) is 0 Å². The number of nitrogens with one attached hydrogen (secondary N) is 2. The first-order valence-corrected chi connectivity index (χ1v) is 7.71. The van der Waals surface area contributed by atoms with Crippen molar-refractivity contribution < 1.29 is 0 Å². The Hall–Kier alpha value is -0.860. The lowest BCUT2D eigenvalue weighted by Crippen LogP contribution is -2.40. The van der Waals surface area contributed by atoms with E-state index in [1.54, 1.807) is 0 Å². The molecule has 1 aliphatic rings. The Morgan fingerprint density at radius 1 is 1.21 bits per heavy atom. The molecule has 3 unspecified atom stereocenters. The van der Waals surface area contributed by atoms with Crippen LogP contribution in [0.5, 0.6) is 0 Å². The summed E-state index contributed by atoms with van der Waals surface area (Å²) in [7, 11) is 0. The highest BCUT2D eigenvalue weighted by molar-refractivity contribution is 5.23. The summed E-state index contributed by atoms with van der Waals surface area (Å²) in [5, 5.41) is 7.35. The predicted octanol–water partition coefficient (Wildman–Crippen LogP) is 3.57. The van der Waals surface area contributed by atoms with Crippen molar-refractivity contribution in [1.82, 2.24) is 10.6 Å². The van der Waals surface area contributed by atoms with E-state index in [1.807, 2.05) is 0 Å². The van der Waals surface area contributed by atoms with E-state index in [0.29, 0.717) is 18.1 Å². The normalized spacial score (nSPS) is 23.0. The second-order valence-electron chi connectivity index (χ2n) is 6.08. The average Bonchev–Trinajstić information content (AvgIpc) is 2.40. The SMILES string of the molecule is Cc1ccc(C(C)NC(C)CC2CCCCN2)cc1. The highest BCUT2D eigenvalue weighted by atomic mass is 15.0. The maximum Gasteiger partial charge on any atom is 0.0294 e. The van der Waals surface area contributed by atoms with Crippen molar-refractivity contribution in [3.8, 4) is 0 Å². The van der Waals surface area contributed by atoms with Crippen LogP contribution in [0, 0.1) is 6.92 Å². The summed E-state index contributed by atoms with van der Waals surface area (Å²) in [6.45, 7) is 7.90. The molecule has 0 aromatic heterocycles. The molecule has 0 radical (unpaired) electrons. The van der Waals surface area contributed by atoms with Gasteiger partial charge >= 0.3 is 0 Å². The molecule has 2 nitrogen and oxygen atoms in total. The maximum atomic E-state index is 3.72. The van der Waals surface area contributed by atoms with Crippen LogP contribution in [0.1, 0.15) is 56.7 Å². The first-order valence-electron chi connectivity index (χ1n) is 7.71. The molecule has 0 bridgehead atoms. The molecule has 0 saturated carbocycles. The summed E-state index contributed by atoms with van der Waals surface area (Å²) in [6.07, 6.45) is 5.30. The van der Waals surface area contributed by atoms with Crippen LogP contribution in [0.2, 0.25) is 0 Å². The van der Waals surface area contributed by atoms with Gasteiger partial charge in [-0.05, 0) is 52.1 Å². The molecule has 1 aromatic carbocycles. The Morgan fingerprint density at radius 2 is 1.95 bits per heavy atom. The zero-order chi connectivity index (χ0) is 13.7. The van der Waals surface area contributed by atoms with Crippen LogP contribution < -0.4 is 10.6 Å². The Balaban J connectivity index is 1.80. The molecule has 0 amide bonds. The fraction of sp³-hybridized carbons (Fsp3) is 0.647. The van der Waals surface area contributed by atoms with Crippen molar-refractivity contribution in [2.24, 2.45) is 0 Å². The fourth-order valence-electron chi connectivity index (χ4n) is 3.00. The molecule has 1 saturated heterocycles. The first kappa shape index (κ1) is 14.5. The largest absolute Gasteiger partial charge is 0.314 e. The van der Waals surface area contributed by atoms with E-state index in [1.165, 1.54) is 43.4 Å². The lowest BCUT2D eigenvalue weighted by Gasteiger charge is -2.28. The predicted molar refractivity (Wildman–Crippen MR) is 82.5 cm³/mol. The average molecular weight is 260 g/mol. The summed E-state index contributed by atoms with van der Waals surface area (Å²) in [5.74, 6) is 0. The number of piperidine rings is 1. The van der Waals surface area contributed by atoms with E-state index in [0.717, 1.165) is 0 Å². The summed E-state index contributed by atoms with van der Waals surface area (Å²) in [4.78, 5) is 0. The van der Waals surface area contributed by atoms with Gasteiger partial charge in [0.15, 0.2) is 0 Å². The highest BCUT2D eigenvalue weighted by Gasteiger charge is 2.17. The molecular weight excluding hydrogens is 232 g/mol. The summed E-state index contributed by atoms with van der Waals surface area (Å²) >= 11 is 0.